The zero-order valence-electron chi connectivity index (χ0n) is 51.1. The molecule has 13 rings (SSSR count). The van der Waals surface area contributed by atoms with Crippen molar-refractivity contribution in [2.75, 3.05) is 0 Å². The lowest BCUT2D eigenvalue weighted by atomic mass is 10.0. The van der Waals surface area contributed by atoms with Crippen molar-refractivity contribution in [2.45, 2.75) is 169 Å². The van der Waals surface area contributed by atoms with Gasteiger partial charge in [-0.3, -0.25) is 0 Å². The number of unbranched alkanes of at least 4 members (excludes halogenated alkanes) is 8. The lowest BCUT2D eigenvalue weighted by Gasteiger charge is -2.35. The smallest absolute Gasteiger partial charge is 0.122 e. The van der Waals surface area contributed by atoms with Crippen LogP contribution in [0.15, 0.2) is 109 Å². The van der Waals surface area contributed by atoms with Crippen LogP contribution in [0.4, 0.5) is 0 Å². The Bertz CT molecular complexity index is 3970. The minimum atomic E-state index is -2.35. The van der Waals surface area contributed by atoms with Gasteiger partial charge in [0.2, 0.25) is 0 Å². The van der Waals surface area contributed by atoms with Crippen molar-refractivity contribution in [2.24, 2.45) is 11.8 Å². The highest BCUT2D eigenvalue weighted by molar-refractivity contribution is 7.32. The first-order valence-corrected chi connectivity index (χ1v) is 42.6. The molecule has 0 bridgehead atoms. The van der Waals surface area contributed by atoms with Gasteiger partial charge in [-0.2, -0.15) is 17.5 Å². The van der Waals surface area contributed by atoms with E-state index in [-0.39, 0.29) is 0 Å². The van der Waals surface area contributed by atoms with Crippen LogP contribution < -0.4 is 10.4 Å². The van der Waals surface area contributed by atoms with E-state index >= 15 is 0 Å². The molecule has 4 nitrogen and oxygen atoms in total. The summed E-state index contributed by atoms with van der Waals surface area (Å²) in [5, 5.41) is 3.40. The Kier molecular flexibility index (Phi) is 20.0. The monoisotopic (exact) mass is 1350 g/mol. The molecule has 0 amide bonds. The highest BCUT2D eigenvalue weighted by Gasteiger charge is 2.50. The zero-order valence-corrected chi connectivity index (χ0v) is 60.2. The van der Waals surface area contributed by atoms with E-state index in [0.717, 1.165) is 22.1 Å². The minimum absolute atomic E-state index is 0.698. The number of aromatic nitrogens is 4. The largest absolute Gasteiger partial charge is 0.172 e. The predicted octanol–water partition coefficient (Wildman–Crippen LogP) is 25.7. The van der Waals surface area contributed by atoms with Crippen molar-refractivity contribution in [3.05, 3.63) is 119 Å². The third-order valence-electron chi connectivity index (χ3n) is 18.2. The van der Waals surface area contributed by atoms with Crippen LogP contribution in [0.5, 0.6) is 0 Å². The topological polar surface area (TPSA) is 51.6 Å². The van der Waals surface area contributed by atoms with E-state index < -0.39 is 8.07 Å². The van der Waals surface area contributed by atoms with E-state index in [4.69, 9.17) is 17.5 Å². The van der Waals surface area contributed by atoms with Crippen LogP contribution in [0.2, 0.25) is 12.1 Å². The number of hydrogen-bond acceptors (Lipinski definition) is 14. The molecule has 0 aliphatic carbocycles. The van der Waals surface area contributed by atoms with Gasteiger partial charge in [-0.25, -0.2) is 0 Å². The Labute approximate surface area is 557 Å². The molecule has 87 heavy (non-hydrogen) atoms. The molecule has 0 spiro atoms. The lowest BCUT2D eigenvalue weighted by Crippen LogP contribution is -2.56. The molecular weight excluding hydrogens is 1270 g/mol. The summed E-state index contributed by atoms with van der Waals surface area (Å²) in [4.78, 5) is 22.1. The molecule has 1 aliphatic rings. The summed E-state index contributed by atoms with van der Waals surface area (Å²) in [6.07, 6.45) is 23.0. The fourth-order valence-corrected chi connectivity index (χ4v) is 31.5. The van der Waals surface area contributed by atoms with E-state index in [2.05, 4.69) is 151 Å². The normalized spacial score (nSPS) is 13.6. The van der Waals surface area contributed by atoms with Gasteiger partial charge < -0.3 is 0 Å². The molecule has 0 fully saturated rings. The van der Waals surface area contributed by atoms with Crippen LogP contribution in [0.1, 0.15) is 154 Å². The fourth-order valence-electron chi connectivity index (χ4n) is 13.3. The molecular formula is C72H78N4S10Si. The first-order valence-electron chi connectivity index (χ1n) is 32.2. The van der Waals surface area contributed by atoms with E-state index in [9.17, 15) is 0 Å². The van der Waals surface area contributed by atoms with Crippen molar-refractivity contribution >= 4 is 155 Å². The minimum Gasteiger partial charge on any atom is -0.172 e. The van der Waals surface area contributed by atoms with Crippen LogP contribution in [0.25, 0.3) is 113 Å². The number of benzene rings is 2. The second-order valence-electron chi connectivity index (χ2n) is 24.1. The first-order chi connectivity index (χ1) is 42.8. The standard InChI is InChI=1S/C72H78N4S10Si/c1-7-13-17-19-23-47-25-31-55(77-47)57-37-39-61(81-57)59-35-33-53(79-59)49-27-29-51(69-67(49)73-85-75-69)63-41-65-71(83-63)72-66(87(65,43-45(11-5)21-15-9-3)44-46(12-6)22-16-10-4)42-64(84-72)52-30-28-50(68-70(52)76-86-74-68)54-34-36-60(80-54)62-40-38-58(82-62)56-32-26-48(78-56)24-20-18-14-8-2/h25-42,45-46H,7-24,43-44H2,1-6H3. The van der Waals surface area contributed by atoms with Gasteiger partial charge in [-0.15, -0.1) is 90.7 Å². The summed E-state index contributed by atoms with van der Waals surface area (Å²) >= 11 is 18.3. The molecule has 2 aromatic carbocycles. The van der Waals surface area contributed by atoms with Crippen LogP contribution >= 0.6 is 114 Å². The number of hydrogen-bond donors (Lipinski definition) is 0. The average molecular weight is 1350 g/mol. The maximum absolute atomic E-state index is 5.15. The molecule has 2 unspecified atom stereocenters. The van der Waals surface area contributed by atoms with Crippen molar-refractivity contribution in [1.82, 2.24) is 17.5 Å². The molecule has 450 valence electrons. The Morgan fingerprint density at radius 1 is 0.322 bits per heavy atom. The highest BCUT2D eigenvalue weighted by Crippen LogP contribution is 2.52. The lowest BCUT2D eigenvalue weighted by molar-refractivity contribution is 0.469. The maximum atomic E-state index is 5.15. The summed E-state index contributed by atoms with van der Waals surface area (Å²) in [6, 6.07) is 45.4. The number of fused-ring (bicyclic) bond motifs is 5. The first kappa shape index (κ1) is 61.7. The van der Waals surface area contributed by atoms with E-state index in [1.807, 2.05) is 90.7 Å². The van der Waals surface area contributed by atoms with Crippen LogP contribution in [0, 0.1) is 11.8 Å². The van der Waals surface area contributed by atoms with Crippen molar-refractivity contribution < 1.29 is 0 Å². The van der Waals surface area contributed by atoms with Crippen molar-refractivity contribution in [3.8, 4) is 90.5 Å². The molecule has 12 aromatic rings. The van der Waals surface area contributed by atoms with E-state index in [1.54, 1.807) is 10.4 Å². The van der Waals surface area contributed by atoms with E-state index in [1.165, 1.54) is 251 Å². The summed E-state index contributed by atoms with van der Waals surface area (Å²) in [6.45, 7) is 14.3. The maximum Gasteiger partial charge on any atom is 0.122 e. The third kappa shape index (κ3) is 12.8. The van der Waals surface area contributed by atoms with Gasteiger partial charge >= 0.3 is 0 Å². The van der Waals surface area contributed by atoms with Gasteiger partial charge in [0.25, 0.3) is 0 Å². The van der Waals surface area contributed by atoms with Crippen molar-refractivity contribution in [1.29, 1.82) is 0 Å². The molecule has 1 aliphatic heterocycles. The Morgan fingerprint density at radius 2 is 0.644 bits per heavy atom. The Balaban J connectivity index is 0.830. The predicted molar refractivity (Wildman–Crippen MR) is 397 cm³/mol. The SMILES string of the molecule is CCCCCCc1ccc(-c2ccc(-c3ccc(-c4ccc(-c5cc6c(s5)-c5sc(-c7ccc(-c8ccc(-c9ccc(-c%10ccc(CCCCCC)s%10)s9)s8)c8nsnc78)cc5[Si]6(CC(CC)CCCC)CC(CC)CCCC)c5nsnc45)s3)s2)s1. The van der Waals surface area contributed by atoms with E-state index in [0.29, 0.717) is 11.8 Å². The summed E-state index contributed by atoms with van der Waals surface area (Å²) in [5.41, 5.74) is 8.94. The highest BCUT2D eigenvalue weighted by atomic mass is 32.1. The zero-order chi connectivity index (χ0) is 59.4. The summed E-state index contributed by atoms with van der Waals surface area (Å²) < 4.78 is 20.5. The van der Waals surface area contributed by atoms with Gasteiger partial charge in [-0.05, 0) is 145 Å². The van der Waals surface area contributed by atoms with Crippen molar-refractivity contribution in [3.63, 3.8) is 0 Å². The number of rotatable bonds is 30. The molecule has 10 aromatic heterocycles. The second-order valence-corrected chi connectivity index (χ2v) is 38.0. The van der Waals surface area contributed by atoms with Crippen LogP contribution in [0.3, 0.4) is 0 Å². The van der Waals surface area contributed by atoms with Gasteiger partial charge in [0.1, 0.15) is 30.1 Å². The van der Waals surface area contributed by atoms with Crippen LogP contribution in [-0.2, 0) is 12.8 Å². The molecule has 0 saturated heterocycles. The van der Waals surface area contributed by atoms with Gasteiger partial charge in [0.15, 0.2) is 0 Å². The quantitative estimate of drug-likeness (QED) is 0.0333. The van der Waals surface area contributed by atoms with Gasteiger partial charge in [0, 0.05) is 100 Å². The van der Waals surface area contributed by atoms with Gasteiger partial charge in [-0.1, -0.05) is 156 Å². The molecule has 2 atom stereocenters. The molecule has 11 heterocycles. The number of aryl methyl sites for hydroxylation is 2. The van der Waals surface area contributed by atoms with Crippen LogP contribution in [-0.4, -0.2) is 25.6 Å². The average Bonchev–Trinajstić information content (AvgIpc) is 1.58. The molecule has 0 saturated carbocycles. The molecule has 0 N–H and O–H groups in total. The third-order valence-corrected chi connectivity index (χ3v) is 35.0. The summed E-state index contributed by atoms with van der Waals surface area (Å²) in [5.74, 6) is 1.40. The Hall–Kier alpha value is -4.10. The molecule has 0 radical (unpaired) electrons. The molecule has 15 heteroatoms. The van der Waals surface area contributed by atoms with Gasteiger partial charge in [0.05, 0.1) is 23.5 Å². The number of nitrogens with zero attached hydrogens (tertiary/aromatic N) is 4. The Morgan fingerprint density at radius 3 is 1.00 bits per heavy atom. The number of thiophene rings is 8. The second kappa shape index (κ2) is 28.2. The fraction of sp³-hybridized carbons (Fsp3) is 0.389. The summed E-state index contributed by atoms with van der Waals surface area (Å²) in [7, 11) is -2.35.